The van der Waals surface area contributed by atoms with Gasteiger partial charge in [0, 0.05) is 18.7 Å². The van der Waals surface area contributed by atoms with Crippen LogP contribution in [0.3, 0.4) is 0 Å². The molecular formula is C23H23FN2O5S. The fraction of sp³-hybridized carbons (Fsp3) is 0.217. The number of nitrogens with one attached hydrogen (secondary N) is 1. The molecular weight excluding hydrogens is 435 g/mol. The Balaban J connectivity index is 1.66. The number of rotatable bonds is 9. The zero-order chi connectivity index (χ0) is 23.1. The Hall–Kier alpha value is -3.46. The van der Waals surface area contributed by atoms with Gasteiger partial charge in [0.25, 0.3) is 5.91 Å². The zero-order valence-electron chi connectivity index (χ0n) is 17.5. The SMILES string of the molecule is CCN(CC(=O)NCc1ccc(F)cc1)C(=O)c1occc1CS(=O)(=O)c1ccccc1. The molecule has 3 aromatic rings. The number of benzene rings is 2. The Morgan fingerprint density at radius 2 is 1.72 bits per heavy atom. The Labute approximate surface area is 185 Å². The molecule has 0 aliphatic heterocycles. The Morgan fingerprint density at radius 1 is 1.03 bits per heavy atom. The molecule has 3 rings (SSSR count). The normalized spacial score (nSPS) is 11.2. The molecule has 1 heterocycles. The number of likely N-dealkylation sites (N-methyl/N-ethyl adjacent to an activating group) is 1. The first-order valence-electron chi connectivity index (χ1n) is 9.94. The highest BCUT2D eigenvalue weighted by Gasteiger charge is 2.26. The van der Waals surface area contributed by atoms with Gasteiger partial charge in [-0.2, -0.15) is 0 Å². The molecule has 1 N–H and O–H groups in total. The van der Waals surface area contributed by atoms with Gasteiger partial charge in [-0.1, -0.05) is 30.3 Å². The molecule has 0 radical (unpaired) electrons. The topological polar surface area (TPSA) is 96.7 Å². The highest BCUT2D eigenvalue weighted by atomic mass is 32.2. The van der Waals surface area contributed by atoms with E-state index in [1.165, 1.54) is 41.5 Å². The summed E-state index contributed by atoms with van der Waals surface area (Å²) in [6.45, 7) is 1.87. The van der Waals surface area contributed by atoms with E-state index >= 15 is 0 Å². The lowest BCUT2D eigenvalue weighted by Crippen LogP contribution is -2.40. The summed E-state index contributed by atoms with van der Waals surface area (Å²) < 4.78 is 43.6. The number of sulfone groups is 1. The zero-order valence-corrected chi connectivity index (χ0v) is 18.3. The van der Waals surface area contributed by atoms with Gasteiger partial charge in [-0.3, -0.25) is 9.59 Å². The third-order valence-electron chi connectivity index (χ3n) is 4.80. The van der Waals surface area contributed by atoms with E-state index < -0.39 is 27.4 Å². The van der Waals surface area contributed by atoms with Crippen LogP contribution in [0.4, 0.5) is 4.39 Å². The minimum atomic E-state index is -3.67. The maximum atomic E-state index is 13.0. The summed E-state index contributed by atoms with van der Waals surface area (Å²) in [7, 11) is -3.67. The van der Waals surface area contributed by atoms with E-state index in [4.69, 9.17) is 4.42 Å². The van der Waals surface area contributed by atoms with Crippen LogP contribution in [0, 0.1) is 5.82 Å². The molecule has 0 bridgehead atoms. The average molecular weight is 459 g/mol. The summed E-state index contributed by atoms with van der Waals surface area (Å²) >= 11 is 0. The van der Waals surface area contributed by atoms with E-state index in [9.17, 15) is 22.4 Å². The van der Waals surface area contributed by atoms with Crippen LogP contribution in [0.1, 0.15) is 28.6 Å². The predicted octanol–water partition coefficient (Wildman–Crippen LogP) is 3.17. The van der Waals surface area contributed by atoms with Crippen LogP contribution in [0.25, 0.3) is 0 Å². The summed E-state index contributed by atoms with van der Waals surface area (Å²) in [6, 6.07) is 15.1. The van der Waals surface area contributed by atoms with Gasteiger partial charge >= 0.3 is 0 Å². The Morgan fingerprint density at radius 3 is 2.38 bits per heavy atom. The van der Waals surface area contributed by atoms with E-state index in [2.05, 4.69) is 5.32 Å². The second kappa shape index (κ2) is 10.2. The van der Waals surface area contributed by atoms with E-state index in [0.717, 1.165) is 0 Å². The number of furan rings is 1. The molecule has 9 heteroatoms. The van der Waals surface area contributed by atoms with Crippen LogP contribution in [0.15, 0.2) is 76.2 Å². The van der Waals surface area contributed by atoms with Crippen LogP contribution < -0.4 is 5.32 Å². The molecule has 32 heavy (non-hydrogen) atoms. The first-order chi connectivity index (χ1) is 15.3. The van der Waals surface area contributed by atoms with Crippen molar-refractivity contribution in [2.45, 2.75) is 24.1 Å². The smallest absolute Gasteiger partial charge is 0.290 e. The van der Waals surface area contributed by atoms with Crippen LogP contribution in [0.2, 0.25) is 0 Å². The molecule has 7 nitrogen and oxygen atoms in total. The number of carbonyl (C=O) groups is 2. The quantitative estimate of drug-likeness (QED) is 0.531. The van der Waals surface area contributed by atoms with Crippen molar-refractivity contribution in [2.75, 3.05) is 13.1 Å². The van der Waals surface area contributed by atoms with Gasteiger partial charge < -0.3 is 14.6 Å². The summed E-state index contributed by atoms with van der Waals surface area (Å²) in [5, 5.41) is 2.68. The van der Waals surface area contributed by atoms with Crippen molar-refractivity contribution in [2.24, 2.45) is 0 Å². The molecule has 0 spiro atoms. The predicted molar refractivity (Wildman–Crippen MR) is 116 cm³/mol. The largest absolute Gasteiger partial charge is 0.459 e. The van der Waals surface area contributed by atoms with Crippen molar-refractivity contribution in [1.29, 1.82) is 0 Å². The minimum Gasteiger partial charge on any atom is -0.459 e. The van der Waals surface area contributed by atoms with E-state index in [-0.39, 0.29) is 41.7 Å². The van der Waals surface area contributed by atoms with Crippen LogP contribution in [0.5, 0.6) is 0 Å². The fourth-order valence-corrected chi connectivity index (χ4v) is 4.43. The number of nitrogens with zero attached hydrogens (tertiary/aromatic N) is 1. The Kier molecular flexibility index (Phi) is 7.42. The van der Waals surface area contributed by atoms with E-state index in [0.29, 0.717) is 5.56 Å². The molecule has 2 amide bonds. The van der Waals surface area contributed by atoms with Gasteiger partial charge in [-0.25, -0.2) is 12.8 Å². The second-order valence-electron chi connectivity index (χ2n) is 7.07. The number of hydrogen-bond acceptors (Lipinski definition) is 5. The summed E-state index contributed by atoms with van der Waals surface area (Å²) in [6.07, 6.45) is 1.26. The van der Waals surface area contributed by atoms with Gasteiger partial charge in [0.05, 0.1) is 23.5 Å². The minimum absolute atomic E-state index is 0.113. The molecule has 1 aromatic heterocycles. The van der Waals surface area contributed by atoms with E-state index in [1.807, 2.05) is 0 Å². The highest BCUT2D eigenvalue weighted by molar-refractivity contribution is 7.90. The second-order valence-corrected chi connectivity index (χ2v) is 9.06. The van der Waals surface area contributed by atoms with Crippen LogP contribution in [-0.2, 0) is 26.9 Å². The number of amides is 2. The summed E-state index contributed by atoms with van der Waals surface area (Å²) in [4.78, 5) is 26.7. The van der Waals surface area contributed by atoms with Crippen molar-refractivity contribution in [1.82, 2.24) is 10.2 Å². The third-order valence-corrected chi connectivity index (χ3v) is 6.48. The number of hydrogen-bond donors (Lipinski definition) is 1. The lowest BCUT2D eigenvalue weighted by Gasteiger charge is -2.20. The molecule has 0 atom stereocenters. The molecule has 168 valence electrons. The lowest BCUT2D eigenvalue weighted by atomic mass is 10.2. The maximum absolute atomic E-state index is 13.0. The van der Waals surface area contributed by atoms with Gasteiger partial charge in [0.15, 0.2) is 15.6 Å². The van der Waals surface area contributed by atoms with Crippen molar-refractivity contribution >= 4 is 21.7 Å². The van der Waals surface area contributed by atoms with Crippen molar-refractivity contribution in [3.8, 4) is 0 Å². The molecule has 2 aromatic carbocycles. The highest BCUT2D eigenvalue weighted by Crippen LogP contribution is 2.21. The van der Waals surface area contributed by atoms with Crippen molar-refractivity contribution in [3.63, 3.8) is 0 Å². The van der Waals surface area contributed by atoms with Gasteiger partial charge in [-0.05, 0) is 42.8 Å². The average Bonchev–Trinajstić information content (AvgIpc) is 3.24. The third kappa shape index (κ3) is 5.82. The Bertz CT molecular complexity index is 1170. The summed E-state index contributed by atoms with van der Waals surface area (Å²) in [5.74, 6) is -1.87. The van der Waals surface area contributed by atoms with Gasteiger partial charge in [-0.15, -0.1) is 0 Å². The standard InChI is InChI=1S/C23H23FN2O5S/c1-2-26(15-21(27)25-14-17-8-10-19(24)11-9-17)23(28)22-18(12-13-31-22)16-32(29,30)20-6-4-3-5-7-20/h3-13H,2,14-16H2,1H3,(H,25,27). The number of carbonyl (C=O) groups excluding carboxylic acids is 2. The first kappa shape index (κ1) is 23.2. The lowest BCUT2D eigenvalue weighted by molar-refractivity contribution is -0.121. The van der Waals surface area contributed by atoms with Crippen molar-refractivity contribution < 1.29 is 26.8 Å². The van der Waals surface area contributed by atoms with Gasteiger partial charge in [0.2, 0.25) is 5.91 Å². The summed E-state index contributed by atoms with van der Waals surface area (Å²) in [5.41, 5.74) is 0.942. The first-order valence-corrected chi connectivity index (χ1v) is 11.6. The maximum Gasteiger partial charge on any atom is 0.290 e. The molecule has 0 unspecified atom stereocenters. The van der Waals surface area contributed by atoms with Crippen LogP contribution in [-0.4, -0.2) is 38.2 Å². The molecule has 0 fully saturated rings. The monoisotopic (exact) mass is 458 g/mol. The van der Waals surface area contributed by atoms with E-state index in [1.54, 1.807) is 37.3 Å². The molecule has 0 saturated heterocycles. The molecule has 0 aliphatic rings. The van der Waals surface area contributed by atoms with Crippen LogP contribution >= 0.6 is 0 Å². The van der Waals surface area contributed by atoms with Gasteiger partial charge in [0.1, 0.15) is 5.82 Å². The molecule has 0 saturated carbocycles. The fourth-order valence-electron chi connectivity index (χ4n) is 3.06. The van der Waals surface area contributed by atoms with Crippen molar-refractivity contribution in [3.05, 3.63) is 89.6 Å². The number of halogens is 1. The molecule has 0 aliphatic carbocycles.